The fourth-order valence-corrected chi connectivity index (χ4v) is 7.59. The number of thioether (sulfide) groups is 1. The lowest BCUT2D eigenvalue weighted by molar-refractivity contribution is 0.354. The van der Waals surface area contributed by atoms with Crippen LogP contribution in [0.5, 0.6) is 5.75 Å². The van der Waals surface area contributed by atoms with E-state index in [4.69, 9.17) is 15.0 Å². The standard InChI is InChI=1S/C33H33F2N7OS/c34-24-13-22(15-36-17-24)27-12-21(7-8-28(27)43)9-10-38-31-29-32(41-30(40-31)23-14-25(35)18-37-16-23)42-26(19-44-33(42)39-29)11-20-5-3-1-2-4-6-20/h7-8,12-18,20,26,43H,1-6,9-11,19H2,(H,38,40,41)/t26-/m1/s1. The number of benzene rings is 1. The fraction of sp³-hybridized carbons (Fsp3) is 0.364. The number of nitrogens with zero attached hydrogens (tertiary/aromatic N) is 6. The molecule has 1 aromatic carbocycles. The Kier molecular flexibility index (Phi) is 8.12. The summed E-state index contributed by atoms with van der Waals surface area (Å²) in [6.45, 7) is 0.513. The van der Waals surface area contributed by atoms with Gasteiger partial charge >= 0.3 is 0 Å². The Bertz CT molecular complexity index is 1810. The molecule has 1 fully saturated rings. The third-order valence-corrected chi connectivity index (χ3v) is 9.70. The summed E-state index contributed by atoms with van der Waals surface area (Å²) in [4.78, 5) is 22.6. The van der Waals surface area contributed by atoms with Crippen molar-refractivity contribution >= 4 is 28.7 Å². The number of phenols is 1. The monoisotopic (exact) mass is 613 g/mol. The van der Waals surface area contributed by atoms with E-state index in [9.17, 15) is 13.9 Å². The number of pyridine rings is 2. The van der Waals surface area contributed by atoms with E-state index in [0.717, 1.165) is 34.7 Å². The van der Waals surface area contributed by atoms with Crippen LogP contribution in [0, 0.1) is 17.6 Å². The molecule has 226 valence electrons. The van der Waals surface area contributed by atoms with Gasteiger partial charge in [0.2, 0.25) is 0 Å². The molecule has 5 heterocycles. The van der Waals surface area contributed by atoms with Gasteiger partial charge in [-0.05, 0) is 48.6 Å². The molecule has 0 radical (unpaired) electrons. The lowest BCUT2D eigenvalue weighted by Gasteiger charge is -2.20. The molecule has 1 saturated carbocycles. The molecule has 1 atom stereocenters. The molecule has 0 spiro atoms. The first-order valence-corrected chi connectivity index (χ1v) is 16.2. The van der Waals surface area contributed by atoms with Crippen LogP contribution in [0.3, 0.4) is 0 Å². The van der Waals surface area contributed by atoms with Crippen molar-refractivity contribution in [2.45, 2.75) is 62.6 Å². The zero-order valence-corrected chi connectivity index (χ0v) is 25.0. The molecule has 0 bridgehead atoms. The van der Waals surface area contributed by atoms with E-state index in [1.54, 1.807) is 24.0 Å². The van der Waals surface area contributed by atoms with Gasteiger partial charge in [-0.2, -0.15) is 0 Å². The predicted octanol–water partition coefficient (Wildman–Crippen LogP) is 7.60. The van der Waals surface area contributed by atoms with E-state index < -0.39 is 11.6 Å². The Hall–Kier alpha value is -4.12. The highest BCUT2D eigenvalue weighted by Gasteiger charge is 2.31. The summed E-state index contributed by atoms with van der Waals surface area (Å²) in [6, 6.07) is 8.34. The van der Waals surface area contributed by atoms with Crippen LogP contribution in [0.15, 0.2) is 60.3 Å². The number of hydrogen-bond acceptors (Lipinski definition) is 8. The van der Waals surface area contributed by atoms with E-state index in [-0.39, 0.29) is 5.75 Å². The van der Waals surface area contributed by atoms with Crippen LogP contribution in [0.25, 0.3) is 33.7 Å². The quantitative estimate of drug-likeness (QED) is 0.173. The summed E-state index contributed by atoms with van der Waals surface area (Å²) in [5.74, 6) is 1.80. The smallest absolute Gasteiger partial charge is 0.170 e. The molecule has 0 unspecified atom stereocenters. The second-order valence-corrected chi connectivity index (χ2v) is 12.7. The van der Waals surface area contributed by atoms with E-state index in [0.29, 0.717) is 58.8 Å². The molecule has 2 aliphatic rings. The molecule has 5 aromatic rings. The van der Waals surface area contributed by atoms with Crippen LogP contribution in [-0.2, 0) is 6.42 Å². The van der Waals surface area contributed by atoms with Gasteiger partial charge in [0.15, 0.2) is 28.0 Å². The topological polar surface area (TPSA) is 102 Å². The normalized spacial score (nSPS) is 17.1. The Morgan fingerprint density at radius 1 is 0.886 bits per heavy atom. The number of aromatic nitrogens is 6. The van der Waals surface area contributed by atoms with Gasteiger partial charge in [0, 0.05) is 47.4 Å². The maximum absolute atomic E-state index is 14.2. The van der Waals surface area contributed by atoms with Crippen LogP contribution in [0.4, 0.5) is 14.6 Å². The van der Waals surface area contributed by atoms with Crippen molar-refractivity contribution in [3.63, 3.8) is 0 Å². The highest BCUT2D eigenvalue weighted by Crippen LogP contribution is 2.42. The van der Waals surface area contributed by atoms with Crippen molar-refractivity contribution < 1.29 is 13.9 Å². The Balaban J connectivity index is 1.19. The molecule has 8 nitrogen and oxygen atoms in total. The molecule has 0 amide bonds. The number of fused-ring (bicyclic) bond motifs is 3. The van der Waals surface area contributed by atoms with Crippen LogP contribution in [0.2, 0.25) is 0 Å². The first-order valence-electron chi connectivity index (χ1n) is 15.2. The average Bonchev–Trinajstić information content (AvgIpc) is 3.48. The van der Waals surface area contributed by atoms with Gasteiger partial charge < -0.3 is 10.4 Å². The van der Waals surface area contributed by atoms with Gasteiger partial charge in [0.1, 0.15) is 17.4 Å². The Labute approximate surface area is 258 Å². The molecular weight excluding hydrogens is 580 g/mol. The van der Waals surface area contributed by atoms with E-state index in [2.05, 4.69) is 19.9 Å². The number of aromatic hydroxyl groups is 1. The lowest BCUT2D eigenvalue weighted by Crippen LogP contribution is -2.14. The average molecular weight is 614 g/mol. The SMILES string of the molecule is Oc1ccc(CCNc2nc(-c3cncc(F)c3)nc3c2nc2n3[C@H](CC3CCCCCC3)CS2)cc1-c1cncc(F)c1. The number of halogens is 2. The van der Waals surface area contributed by atoms with Gasteiger partial charge in [0.05, 0.1) is 12.4 Å². The highest BCUT2D eigenvalue weighted by atomic mass is 32.2. The number of anilines is 1. The molecule has 1 aliphatic heterocycles. The van der Waals surface area contributed by atoms with E-state index in [1.165, 1.54) is 63.1 Å². The second-order valence-electron chi connectivity index (χ2n) is 11.7. The molecular formula is C33H33F2N7OS. The van der Waals surface area contributed by atoms with Gasteiger partial charge in [-0.1, -0.05) is 56.4 Å². The second kappa shape index (κ2) is 12.5. The first kappa shape index (κ1) is 28.6. The number of nitrogens with one attached hydrogen (secondary N) is 1. The summed E-state index contributed by atoms with van der Waals surface area (Å²) in [5, 5.41) is 14.8. The highest BCUT2D eigenvalue weighted by molar-refractivity contribution is 7.99. The molecule has 0 saturated heterocycles. The maximum atomic E-state index is 14.2. The molecule has 44 heavy (non-hydrogen) atoms. The summed E-state index contributed by atoms with van der Waals surface area (Å²) in [5.41, 5.74) is 3.92. The van der Waals surface area contributed by atoms with E-state index >= 15 is 0 Å². The molecule has 4 aromatic heterocycles. The zero-order valence-electron chi connectivity index (χ0n) is 24.2. The van der Waals surface area contributed by atoms with Crippen LogP contribution >= 0.6 is 11.8 Å². The van der Waals surface area contributed by atoms with Gasteiger partial charge in [-0.25, -0.2) is 23.7 Å². The fourth-order valence-electron chi connectivity index (χ4n) is 6.43. The van der Waals surface area contributed by atoms with Crippen molar-refractivity contribution in [3.05, 3.63) is 72.3 Å². The third kappa shape index (κ3) is 5.97. The third-order valence-electron chi connectivity index (χ3n) is 8.60. The zero-order chi connectivity index (χ0) is 30.0. The number of rotatable bonds is 8. The lowest BCUT2D eigenvalue weighted by atomic mass is 9.93. The van der Waals surface area contributed by atoms with Gasteiger partial charge in [-0.3, -0.25) is 14.5 Å². The molecule has 2 N–H and O–H groups in total. The minimum absolute atomic E-state index is 0.0587. The number of phenolic OH excluding ortho intramolecular Hbond substituents is 1. The van der Waals surface area contributed by atoms with Crippen molar-refractivity contribution in [1.82, 2.24) is 29.5 Å². The number of imidazole rings is 1. The number of hydrogen-bond donors (Lipinski definition) is 2. The predicted molar refractivity (Wildman–Crippen MR) is 168 cm³/mol. The maximum Gasteiger partial charge on any atom is 0.170 e. The molecule has 7 rings (SSSR count). The van der Waals surface area contributed by atoms with Gasteiger partial charge in [-0.15, -0.1) is 0 Å². The summed E-state index contributed by atoms with van der Waals surface area (Å²) in [7, 11) is 0. The van der Waals surface area contributed by atoms with Crippen LogP contribution in [0.1, 0.15) is 56.6 Å². The van der Waals surface area contributed by atoms with Crippen molar-refractivity contribution in [2.24, 2.45) is 5.92 Å². The van der Waals surface area contributed by atoms with Crippen molar-refractivity contribution in [3.8, 4) is 28.3 Å². The minimum Gasteiger partial charge on any atom is -0.507 e. The summed E-state index contributed by atoms with van der Waals surface area (Å²) >= 11 is 1.76. The van der Waals surface area contributed by atoms with Crippen molar-refractivity contribution in [2.75, 3.05) is 17.6 Å². The van der Waals surface area contributed by atoms with Crippen LogP contribution in [-0.4, -0.2) is 46.9 Å². The molecule has 1 aliphatic carbocycles. The summed E-state index contributed by atoms with van der Waals surface area (Å²) < 4.78 is 30.3. The summed E-state index contributed by atoms with van der Waals surface area (Å²) in [6.07, 6.45) is 14.9. The van der Waals surface area contributed by atoms with Crippen molar-refractivity contribution in [1.29, 1.82) is 0 Å². The Morgan fingerprint density at radius 2 is 1.64 bits per heavy atom. The van der Waals surface area contributed by atoms with Gasteiger partial charge in [0.25, 0.3) is 0 Å². The Morgan fingerprint density at radius 3 is 2.41 bits per heavy atom. The molecule has 11 heteroatoms. The minimum atomic E-state index is -0.465. The van der Waals surface area contributed by atoms with E-state index in [1.807, 2.05) is 12.1 Å². The first-order chi connectivity index (χ1) is 21.5. The van der Waals surface area contributed by atoms with Crippen LogP contribution < -0.4 is 5.32 Å². The largest absolute Gasteiger partial charge is 0.507 e.